The minimum atomic E-state index is 0.0718. The molecular formula is C46H42O2. The van der Waals surface area contributed by atoms with Crippen molar-refractivity contribution in [2.24, 2.45) is 0 Å². The normalized spacial score (nSPS) is 11.6. The number of hydrogen-bond donors (Lipinski definition) is 2. The van der Waals surface area contributed by atoms with Gasteiger partial charge in [0.05, 0.1) is 0 Å². The minimum Gasteiger partial charge on any atom is -0.508 e. The lowest BCUT2D eigenvalue weighted by Crippen LogP contribution is -2.10. The maximum absolute atomic E-state index is 9.77. The van der Waals surface area contributed by atoms with E-state index in [0.29, 0.717) is 0 Å². The summed E-state index contributed by atoms with van der Waals surface area (Å²) in [6, 6.07) is 35.3. The fraction of sp³-hybridized carbons (Fsp3) is 0.174. The summed E-state index contributed by atoms with van der Waals surface area (Å²) in [6.07, 6.45) is 8.14. The van der Waals surface area contributed by atoms with Crippen molar-refractivity contribution in [3.63, 3.8) is 0 Å². The number of aromatic hydroxyl groups is 2. The van der Waals surface area contributed by atoms with Gasteiger partial charge in [-0.15, -0.1) is 0 Å². The molecule has 2 N–H and O–H groups in total. The predicted octanol–water partition coefficient (Wildman–Crippen LogP) is 10.8. The van der Waals surface area contributed by atoms with Crippen molar-refractivity contribution < 1.29 is 10.2 Å². The molecule has 0 aliphatic heterocycles. The van der Waals surface area contributed by atoms with Crippen LogP contribution in [0, 0.1) is 23.7 Å². The molecular weight excluding hydrogens is 585 g/mol. The van der Waals surface area contributed by atoms with Crippen molar-refractivity contribution in [3.8, 4) is 35.2 Å². The zero-order valence-corrected chi connectivity index (χ0v) is 28.6. The van der Waals surface area contributed by atoms with E-state index in [9.17, 15) is 10.2 Å². The molecule has 0 fully saturated rings. The number of hydrogen-bond acceptors (Lipinski definition) is 2. The van der Waals surface area contributed by atoms with Crippen LogP contribution in [0.15, 0.2) is 109 Å². The van der Waals surface area contributed by atoms with E-state index in [4.69, 9.17) is 0 Å². The van der Waals surface area contributed by atoms with Gasteiger partial charge >= 0.3 is 0 Å². The van der Waals surface area contributed by atoms with Crippen molar-refractivity contribution in [2.45, 2.75) is 52.4 Å². The number of benzene rings is 5. The average Bonchev–Trinajstić information content (AvgIpc) is 3.06. The lowest BCUT2D eigenvalue weighted by atomic mass is 9.87. The highest BCUT2D eigenvalue weighted by Crippen LogP contribution is 2.25. The summed E-state index contributed by atoms with van der Waals surface area (Å²) in [4.78, 5) is 0. The van der Waals surface area contributed by atoms with Crippen molar-refractivity contribution in [2.75, 3.05) is 0 Å². The Morgan fingerprint density at radius 1 is 0.417 bits per heavy atom. The number of rotatable bonds is 4. The number of phenolic OH excluding ortho intramolecular Hbond substituents is 2. The molecule has 5 aromatic rings. The molecule has 0 atom stereocenters. The molecule has 0 saturated carbocycles. The van der Waals surface area contributed by atoms with Gasteiger partial charge in [0.15, 0.2) is 0 Å². The second-order valence-corrected chi connectivity index (χ2v) is 14.0. The first-order chi connectivity index (χ1) is 22.8. The first-order valence-electron chi connectivity index (χ1n) is 16.2. The Kier molecular flexibility index (Phi) is 10.1. The Bertz CT molecular complexity index is 1900. The van der Waals surface area contributed by atoms with Gasteiger partial charge in [0.1, 0.15) is 11.5 Å². The van der Waals surface area contributed by atoms with Crippen LogP contribution in [-0.2, 0) is 10.8 Å². The topological polar surface area (TPSA) is 40.5 Å². The fourth-order valence-electron chi connectivity index (χ4n) is 5.05. The Balaban J connectivity index is 1.62. The van der Waals surface area contributed by atoms with Crippen LogP contribution < -0.4 is 0 Å². The average molecular weight is 627 g/mol. The van der Waals surface area contributed by atoms with E-state index in [2.05, 4.69) is 138 Å². The summed E-state index contributed by atoms with van der Waals surface area (Å²) in [5, 5.41) is 19.5. The molecule has 0 unspecified atom stereocenters. The molecule has 48 heavy (non-hydrogen) atoms. The van der Waals surface area contributed by atoms with Crippen LogP contribution in [-0.4, -0.2) is 10.2 Å². The number of phenols is 2. The van der Waals surface area contributed by atoms with Gasteiger partial charge in [-0.1, -0.05) is 138 Å². The van der Waals surface area contributed by atoms with Crippen LogP contribution >= 0.6 is 0 Å². The molecule has 5 aromatic carbocycles. The highest BCUT2D eigenvalue weighted by atomic mass is 16.3. The maximum atomic E-state index is 9.77. The summed E-state index contributed by atoms with van der Waals surface area (Å²) < 4.78 is 0. The van der Waals surface area contributed by atoms with Gasteiger partial charge in [-0.25, -0.2) is 0 Å². The van der Waals surface area contributed by atoms with E-state index in [1.54, 1.807) is 24.3 Å². The van der Waals surface area contributed by atoms with Crippen LogP contribution in [0.25, 0.3) is 24.3 Å². The van der Waals surface area contributed by atoms with E-state index in [1.807, 2.05) is 36.4 Å². The van der Waals surface area contributed by atoms with Crippen LogP contribution in [0.1, 0.15) is 97.2 Å². The van der Waals surface area contributed by atoms with Crippen molar-refractivity contribution in [3.05, 3.63) is 165 Å². The first kappa shape index (κ1) is 33.7. The van der Waals surface area contributed by atoms with Gasteiger partial charge in [0, 0.05) is 22.3 Å². The maximum Gasteiger partial charge on any atom is 0.115 e. The Hall–Kier alpha value is -5.70. The highest BCUT2D eigenvalue weighted by molar-refractivity contribution is 5.79. The molecule has 5 rings (SSSR count). The summed E-state index contributed by atoms with van der Waals surface area (Å²) in [6.45, 7) is 13.2. The molecule has 0 heterocycles. The summed E-state index contributed by atoms with van der Waals surface area (Å²) in [5.74, 6) is 14.1. The van der Waals surface area contributed by atoms with Gasteiger partial charge in [0.2, 0.25) is 0 Å². The largest absolute Gasteiger partial charge is 0.508 e. The molecule has 2 nitrogen and oxygen atoms in total. The van der Waals surface area contributed by atoms with Crippen LogP contribution in [0.5, 0.6) is 11.5 Å². The Labute approximate surface area is 286 Å². The van der Waals surface area contributed by atoms with E-state index in [-0.39, 0.29) is 22.3 Å². The standard InChI is InChI=1S/C46H42O2/c1-45(2,3)41-23-11-33(12-24-41)7-19-37-31-40(22-10-36-17-29-44(48)30-18-36)38(20-8-34-13-25-42(26-14-34)46(4,5)6)32-39(37)21-9-35-15-27-43(47)28-16-35/h9-18,21-32,47-48H,1-6H3/b21-9+,22-10+. The van der Waals surface area contributed by atoms with Crippen LogP contribution in [0.2, 0.25) is 0 Å². The second kappa shape index (κ2) is 14.4. The summed E-state index contributed by atoms with van der Waals surface area (Å²) in [7, 11) is 0. The zero-order valence-electron chi connectivity index (χ0n) is 28.6. The van der Waals surface area contributed by atoms with E-state index >= 15 is 0 Å². The summed E-state index contributed by atoms with van der Waals surface area (Å²) in [5.41, 5.74) is 10.1. The fourth-order valence-corrected chi connectivity index (χ4v) is 5.05. The molecule has 0 amide bonds. The third kappa shape index (κ3) is 9.19. The second-order valence-electron chi connectivity index (χ2n) is 14.0. The molecule has 0 aromatic heterocycles. The van der Waals surface area contributed by atoms with Gasteiger partial charge in [-0.3, -0.25) is 0 Å². The highest BCUT2D eigenvalue weighted by Gasteiger charge is 2.13. The van der Waals surface area contributed by atoms with E-state index in [1.165, 1.54) is 11.1 Å². The third-order valence-electron chi connectivity index (χ3n) is 8.10. The molecule has 0 aliphatic rings. The van der Waals surface area contributed by atoms with Gasteiger partial charge in [-0.05, 0) is 105 Å². The molecule has 0 spiro atoms. The Morgan fingerprint density at radius 3 is 1.06 bits per heavy atom. The molecule has 0 saturated heterocycles. The van der Waals surface area contributed by atoms with Gasteiger partial charge in [0.25, 0.3) is 0 Å². The van der Waals surface area contributed by atoms with Crippen molar-refractivity contribution in [1.29, 1.82) is 0 Å². The lowest BCUT2D eigenvalue weighted by Gasteiger charge is -2.18. The third-order valence-corrected chi connectivity index (χ3v) is 8.10. The van der Waals surface area contributed by atoms with Gasteiger partial charge < -0.3 is 10.2 Å². The zero-order chi connectivity index (χ0) is 34.3. The van der Waals surface area contributed by atoms with Crippen molar-refractivity contribution >= 4 is 24.3 Å². The van der Waals surface area contributed by atoms with Crippen LogP contribution in [0.4, 0.5) is 0 Å². The monoisotopic (exact) mass is 626 g/mol. The van der Waals surface area contributed by atoms with E-state index < -0.39 is 0 Å². The summed E-state index contributed by atoms with van der Waals surface area (Å²) >= 11 is 0. The molecule has 238 valence electrons. The first-order valence-corrected chi connectivity index (χ1v) is 16.2. The molecule has 0 bridgehead atoms. The minimum absolute atomic E-state index is 0.0718. The van der Waals surface area contributed by atoms with Crippen molar-refractivity contribution in [1.82, 2.24) is 0 Å². The SMILES string of the molecule is CC(C)(C)c1ccc(C#Cc2cc(/C=C/c3ccc(O)cc3)c(C#Cc3ccc(C(C)(C)C)cc3)cc2/C=C/c2ccc(O)cc2)cc1. The smallest absolute Gasteiger partial charge is 0.115 e. The van der Waals surface area contributed by atoms with E-state index in [0.717, 1.165) is 44.5 Å². The lowest BCUT2D eigenvalue weighted by molar-refractivity contribution is 0.474. The quantitative estimate of drug-likeness (QED) is 0.154. The molecule has 0 radical (unpaired) electrons. The van der Waals surface area contributed by atoms with Crippen LogP contribution in [0.3, 0.4) is 0 Å². The predicted molar refractivity (Wildman–Crippen MR) is 203 cm³/mol. The molecule has 0 aliphatic carbocycles. The molecule has 2 heteroatoms. The Morgan fingerprint density at radius 2 is 0.750 bits per heavy atom. The van der Waals surface area contributed by atoms with Gasteiger partial charge in [-0.2, -0.15) is 0 Å².